The molecule has 3 N–H and O–H groups in total. The van der Waals surface area contributed by atoms with Gasteiger partial charge in [-0.2, -0.15) is 0 Å². The molecule has 0 aliphatic rings. The summed E-state index contributed by atoms with van der Waals surface area (Å²) in [5.74, 6) is 0.774. The third kappa shape index (κ3) is 3.31. The summed E-state index contributed by atoms with van der Waals surface area (Å²) in [5.41, 5.74) is 9.11. The Hall–Kier alpha value is -2.36. The van der Waals surface area contributed by atoms with Gasteiger partial charge in [0.15, 0.2) is 0 Å². The lowest BCUT2D eigenvalue weighted by molar-refractivity contribution is 0.305. The Morgan fingerprint density at radius 3 is 2.58 bits per heavy atom. The monoisotopic (exact) mass is 255 g/mol. The minimum absolute atomic E-state index is 0.0420. The number of amidine groups is 1. The maximum Gasteiger partial charge on any atom is 0.142 e. The second kappa shape index (κ2) is 5.52. The molecule has 0 radical (unpaired) electrons. The van der Waals surface area contributed by atoms with E-state index in [1.54, 1.807) is 6.20 Å². The number of hydrogen-bond donors (Lipinski definition) is 2. The molecule has 0 amide bonds. The smallest absolute Gasteiger partial charge is 0.142 e. The molecule has 1 aromatic heterocycles. The first-order valence-corrected chi connectivity index (χ1v) is 6.05. The zero-order chi connectivity index (χ0) is 13.8. The first-order valence-electron chi connectivity index (χ1n) is 6.05. The van der Waals surface area contributed by atoms with Crippen LogP contribution in [0, 0.1) is 19.3 Å². The van der Waals surface area contributed by atoms with Gasteiger partial charge < -0.3 is 10.5 Å². The molecule has 1 heterocycles. The lowest BCUT2D eigenvalue weighted by Crippen LogP contribution is -2.16. The molecule has 0 aliphatic heterocycles. The predicted octanol–water partition coefficient (Wildman–Crippen LogP) is 2.56. The molecule has 4 heteroatoms. The van der Waals surface area contributed by atoms with Crippen molar-refractivity contribution in [2.45, 2.75) is 20.5 Å². The van der Waals surface area contributed by atoms with Gasteiger partial charge in [0.25, 0.3) is 0 Å². The third-order valence-electron chi connectivity index (χ3n) is 2.74. The quantitative estimate of drug-likeness (QED) is 0.651. The summed E-state index contributed by atoms with van der Waals surface area (Å²) < 4.78 is 5.75. The van der Waals surface area contributed by atoms with Crippen molar-refractivity contribution in [3.63, 3.8) is 0 Å². The van der Waals surface area contributed by atoms with E-state index in [1.807, 2.05) is 38.1 Å². The van der Waals surface area contributed by atoms with Crippen molar-refractivity contribution in [3.8, 4) is 5.75 Å². The number of benzene rings is 1. The fourth-order valence-electron chi connectivity index (χ4n) is 1.97. The highest BCUT2D eigenvalue weighted by atomic mass is 16.5. The van der Waals surface area contributed by atoms with Gasteiger partial charge in [-0.15, -0.1) is 0 Å². The van der Waals surface area contributed by atoms with E-state index in [0.29, 0.717) is 12.3 Å². The zero-order valence-corrected chi connectivity index (χ0v) is 11.1. The average Bonchev–Trinajstić information content (AvgIpc) is 2.35. The van der Waals surface area contributed by atoms with Crippen LogP contribution in [0.2, 0.25) is 0 Å². The summed E-state index contributed by atoms with van der Waals surface area (Å²) >= 11 is 0. The number of aryl methyl sites for hydroxylation is 2. The predicted molar refractivity (Wildman–Crippen MR) is 75.5 cm³/mol. The number of nitrogens with one attached hydrogen (secondary N) is 1. The van der Waals surface area contributed by atoms with Crippen LogP contribution in [0.4, 0.5) is 0 Å². The minimum atomic E-state index is -0.0420. The van der Waals surface area contributed by atoms with Crippen LogP contribution in [0.3, 0.4) is 0 Å². The van der Waals surface area contributed by atoms with Crippen LogP contribution in [0.1, 0.15) is 22.4 Å². The van der Waals surface area contributed by atoms with E-state index in [-0.39, 0.29) is 5.84 Å². The highest BCUT2D eigenvalue weighted by Crippen LogP contribution is 2.18. The zero-order valence-electron chi connectivity index (χ0n) is 11.1. The largest absolute Gasteiger partial charge is 0.489 e. The van der Waals surface area contributed by atoms with E-state index in [0.717, 1.165) is 22.4 Å². The van der Waals surface area contributed by atoms with Crippen molar-refractivity contribution < 1.29 is 4.74 Å². The Kier molecular flexibility index (Phi) is 3.80. The van der Waals surface area contributed by atoms with Gasteiger partial charge in [0.05, 0.1) is 0 Å². The second-order valence-corrected chi connectivity index (χ2v) is 4.54. The van der Waals surface area contributed by atoms with E-state index in [2.05, 4.69) is 11.1 Å². The van der Waals surface area contributed by atoms with E-state index >= 15 is 0 Å². The highest BCUT2D eigenvalue weighted by molar-refractivity contribution is 5.94. The van der Waals surface area contributed by atoms with Crippen LogP contribution in [0.15, 0.2) is 36.5 Å². The molecule has 0 saturated carbocycles. The molecule has 0 unspecified atom stereocenters. The van der Waals surface area contributed by atoms with E-state index in [4.69, 9.17) is 15.9 Å². The number of nitrogens with zero attached hydrogens (tertiary/aromatic N) is 1. The number of nitrogen functional groups attached to an aromatic ring is 1. The number of hydrogen-bond acceptors (Lipinski definition) is 3. The molecule has 0 atom stereocenters. The van der Waals surface area contributed by atoms with Gasteiger partial charge in [0, 0.05) is 11.8 Å². The molecule has 2 rings (SSSR count). The summed E-state index contributed by atoms with van der Waals surface area (Å²) in [7, 11) is 0. The van der Waals surface area contributed by atoms with E-state index < -0.39 is 0 Å². The van der Waals surface area contributed by atoms with Crippen LogP contribution < -0.4 is 10.5 Å². The molecule has 4 nitrogen and oxygen atoms in total. The van der Waals surface area contributed by atoms with Crippen LogP contribution in [-0.2, 0) is 6.61 Å². The van der Waals surface area contributed by atoms with E-state index in [1.165, 1.54) is 0 Å². The minimum Gasteiger partial charge on any atom is -0.489 e. The molecule has 98 valence electrons. The molecule has 19 heavy (non-hydrogen) atoms. The first kappa shape index (κ1) is 13.1. The molecule has 0 saturated heterocycles. The fourth-order valence-corrected chi connectivity index (χ4v) is 1.97. The molecule has 0 aliphatic carbocycles. The third-order valence-corrected chi connectivity index (χ3v) is 2.74. The Morgan fingerprint density at radius 1 is 1.26 bits per heavy atom. The molecule has 1 aromatic carbocycles. The Balaban J connectivity index is 2.16. The Labute approximate surface area is 112 Å². The topological polar surface area (TPSA) is 72.0 Å². The van der Waals surface area contributed by atoms with Crippen LogP contribution in [-0.4, -0.2) is 10.8 Å². The van der Waals surface area contributed by atoms with Crippen LogP contribution in [0.25, 0.3) is 0 Å². The normalized spacial score (nSPS) is 10.2. The molecule has 0 fully saturated rings. The summed E-state index contributed by atoms with van der Waals surface area (Å²) in [6, 6.07) is 9.74. The molecular weight excluding hydrogens is 238 g/mol. The van der Waals surface area contributed by atoms with Crippen molar-refractivity contribution in [1.29, 1.82) is 5.41 Å². The Bertz CT molecular complexity index is 588. The maximum absolute atomic E-state index is 7.49. The second-order valence-electron chi connectivity index (χ2n) is 4.54. The van der Waals surface area contributed by atoms with Gasteiger partial charge in [-0.3, -0.25) is 10.4 Å². The van der Waals surface area contributed by atoms with Gasteiger partial charge in [0.2, 0.25) is 0 Å². The molecular formula is C15H17N3O. The lowest BCUT2D eigenvalue weighted by atomic mass is 10.1. The standard InChI is InChI=1S/C15H17N3O/c1-10-6-11(2)8-13(7-10)19-9-12-4-3-5-18-14(12)15(16)17/h3-8H,9H2,1-2H3,(H3,16,17). The van der Waals surface area contributed by atoms with Crippen molar-refractivity contribution >= 4 is 5.84 Å². The molecule has 0 spiro atoms. The lowest BCUT2D eigenvalue weighted by Gasteiger charge is -2.10. The summed E-state index contributed by atoms with van der Waals surface area (Å²) in [6.45, 7) is 4.42. The number of nitrogens with two attached hydrogens (primary N) is 1. The van der Waals surface area contributed by atoms with E-state index in [9.17, 15) is 0 Å². The fraction of sp³-hybridized carbons (Fsp3) is 0.200. The Morgan fingerprint density at radius 2 is 1.95 bits per heavy atom. The SMILES string of the molecule is Cc1cc(C)cc(OCc2cccnc2C(=N)N)c1. The summed E-state index contributed by atoms with van der Waals surface area (Å²) in [6.07, 6.45) is 1.62. The average molecular weight is 255 g/mol. The van der Waals surface area contributed by atoms with Gasteiger partial charge in [0.1, 0.15) is 23.9 Å². The summed E-state index contributed by atoms with van der Waals surface area (Å²) in [5, 5.41) is 7.49. The van der Waals surface area contributed by atoms with Crippen molar-refractivity contribution in [1.82, 2.24) is 4.98 Å². The van der Waals surface area contributed by atoms with Gasteiger partial charge in [-0.1, -0.05) is 12.1 Å². The molecule has 0 bridgehead atoms. The number of ether oxygens (including phenoxy) is 1. The molecule has 2 aromatic rings. The van der Waals surface area contributed by atoms with Crippen molar-refractivity contribution in [2.24, 2.45) is 5.73 Å². The highest BCUT2D eigenvalue weighted by Gasteiger charge is 2.07. The number of pyridine rings is 1. The number of aromatic nitrogens is 1. The van der Waals surface area contributed by atoms with Crippen LogP contribution in [0.5, 0.6) is 5.75 Å². The van der Waals surface area contributed by atoms with Crippen LogP contribution >= 0.6 is 0 Å². The van der Waals surface area contributed by atoms with Gasteiger partial charge >= 0.3 is 0 Å². The first-order chi connectivity index (χ1) is 9.06. The van der Waals surface area contributed by atoms with Gasteiger partial charge in [-0.05, 0) is 43.2 Å². The van der Waals surface area contributed by atoms with Crippen molar-refractivity contribution in [2.75, 3.05) is 0 Å². The van der Waals surface area contributed by atoms with Crippen molar-refractivity contribution in [3.05, 3.63) is 58.9 Å². The van der Waals surface area contributed by atoms with Gasteiger partial charge in [-0.25, -0.2) is 0 Å². The summed E-state index contributed by atoms with van der Waals surface area (Å²) in [4.78, 5) is 4.10. The maximum atomic E-state index is 7.49. The number of rotatable bonds is 4.